The molecule has 0 aromatic carbocycles. The van der Waals surface area contributed by atoms with Crippen LogP contribution in [-0.4, -0.2) is 20.2 Å². The van der Waals surface area contributed by atoms with Crippen molar-refractivity contribution in [3.8, 4) is 23.1 Å². The molecular formula is C15H14N4O2. The van der Waals surface area contributed by atoms with Crippen LogP contribution in [0.5, 0.6) is 0 Å². The van der Waals surface area contributed by atoms with Crippen LogP contribution in [0.25, 0.3) is 11.3 Å². The van der Waals surface area contributed by atoms with Crippen molar-refractivity contribution in [3.05, 3.63) is 44.4 Å². The molecule has 21 heavy (non-hydrogen) atoms. The molecule has 0 bridgehead atoms. The smallest absolute Gasteiger partial charge is 0.313 e. The lowest BCUT2D eigenvalue weighted by molar-refractivity contribution is 0.955. The average Bonchev–Trinajstić information content (AvgIpc) is 3.30. The van der Waals surface area contributed by atoms with Crippen LogP contribution in [0.1, 0.15) is 43.4 Å². The monoisotopic (exact) mass is 282 g/mol. The van der Waals surface area contributed by atoms with Crippen LogP contribution < -0.4 is 11.2 Å². The number of nitrogens with one attached hydrogen (secondary N) is 2. The minimum atomic E-state index is -0.537. The lowest BCUT2D eigenvalue weighted by atomic mass is 10.1. The van der Waals surface area contributed by atoms with E-state index in [4.69, 9.17) is 0 Å². The summed E-state index contributed by atoms with van der Waals surface area (Å²) in [6.45, 7) is 1.98. The molecule has 0 unspecified atom stereocenters. The third-order valence-corrected chi connectivity index (χ3v) is 3.32. The predicted octanol–water partition coefficient (Wildman–Crippen LogP) is 1.16. The van der Waals surface area contributed by atoms with E-state index in [-0.39, 0.29) is 0 Å². The van der Waals surface area contributed by atoms with Crippen molar-refractivity contribution < 1.29 is 0 Å². The first-order valence-electron chi connectivity index (χ1n) is 6.88. The molecule has 6 heteroatoms. The van der Waals surface area contributed by atoms with Gasteiger partial charge in [0.2, 0.25) is 0 Å². The number of nitrogens with zero attached hydrogens (tertiary/aromatic N) is 2. The van der Waals surface area contributed by atoms with Crippen molar-refractivity contribution in [2.24, 2.45) is 0 Å². The Bertz CT molecular complexity index is 850. The van der Waals surface area contributed by atoms with Gasteiger partial charge in [0.1, 0.15) is 11.4 Å². The molecule has 0 amide bonds. The Kier molecular flexibility index (Phi) is 3.40. The van der Waals surface area contributed by atoms with Crippen LogP contribution >= 0.6 is 0 Å². The maximum atomic E-state index is 11.8. The Morgan fingerprint density at radius 1 is 1.33 bits per heavy atom. The van der Waals surface area contributed by atoms with Crippen molar-refractivity contribution in [2.75, 3.05) is 0 Å². The fraction of sp³-hybridized carbons (Fsp3) is 0.333. The van der Waals surface area contributed by atoms with Gasteiger partial charge in [-0.15, -0.1) is 10.2 Å². The predicted molar refractivity (Wildman–Crippen MR) is 77.9 cm³/mol. The van der Waals surface area contributed by atoms with E-state index in [9.17, 15) is 9.59 Å². The molecular weight excluding hydrogens is 268 g/mol. The number of hydrogen-bond donors (Lipinski definition) is 2. The van der Waals surface area contributed by atoms with Gasteiger partial charge in [-0.1, -0.05) is 12.8 Å². The number of aromatic nitrogens is 4. The van der Waals surface area contributed by atoms with Crippen LogP contribution in [0.15, 0.2) is 21.9 Å². The average molecular weight is 282 g/mol. The van der Waals surface area contributed by atoms with Crippen LogP contribution in [0.4, 0.5) is 0 Å². The molecule has 2 N–H and O–H groups in total. The summed E-state index contributed by atoms with van der Waals surface area (Å²) in [6.07, 6.45) is 4.33. The summed E-state index contributed by atoms with van der Waals surface area (Å²) in [7, 11) is 0. The van der Waals surface area contributed by atoms with Crippen LogP contribution in [0.3, 0.4) is 0 Å². The van der Waals surface area contributed by atoms with E-state index < -0.39 is 11.2 Å². The summed E-state index contributed by atoms with van der Waals surface area (Å²) in [5, 5.41) is 8.22. The summed E-state index contributed by atoms with van der Waals surface area (Å²) in [5.41, 5.74) is 1.47. The molecule has 2 heterocycles. The zero-order chi connectivity index (χ0) is 14.8. The third-order valence-electron chi connectivity index (χ3n) is 3.32. The zero-order valence-corrected chi connectivity index (χ0v) is 11.6. The van der Waals surface area contributed by atoms with E-state index >= 15 is 0 Å². The van der Waals surface area contributed by atoms with Gasteiger partial charge in [0.05, 0.1) is 5.56 Å². The maximum absolute atomic E-state index is 11.8. The van der Waals surface area contributed by atoms with Crippen LogP contribution in [0.2, 0.25) is 0 Å². The molecule has 3 rings (SSSR count). The fourth-order valence-corrected chi connectivity index (χ4v) is 2.11. The van der Waals surface area contributed by atoms with Crippen molar-refractivity contribution in [2.45, 2.75) is 32.1 Å². The normalized spacial score (nSPS) is 13.6. The molecule has 2 aromatic heterocycles. The van der Waals surface area contributed by atoms with E-state index in [1.807, 2.05) is 13.0 Å². The van der Waals surface area contributed by atoms with Crippen molar-refractivity contribution in [1.29, 1.82) is 0 Å². The Balaban J connectivity index is 2.10. The highest BCUT2D eigenvalue weighted by atomic mass is 16.2. The number of hydrogen-bond acceptors (Lipinski definition) is 4. The largest absolute Gasteiger partial charge is 0.325 e. The van der Waals surface area contributed by atoms with Crippen molar-refractivity contribution >= 4 is 0 Å². The molecule has 0 aliphatic heterocycles. The maximum Gasteiger partial charge on any atom is 0.325 e. The van der Waals surface area contributed by atoms with Crippen LogP contribution in [-0.2, 0) is 0 Å². The first-order valence-corrected chi connectivity index (χ1v) is 6.88. The minimum Gasteiger partial charge on any atom is -0.313 e. The molecule has 6 nitrogen and oxygen atoms in total. The topological polar surface area (TPSA) is 91.5 Å². The second-order valence-corrected chi connectivity index (χ2v) is 4.95. The Morgan fingerprint density at radius 2 is 2.14 bits per heavy atom. The second-order valence-electron chi connectivity index (χ2n) is 4.95. The summed E-state index contributed by atoms with van der Waals surface area (Å²) in [4.78, 5) is 27.5. The van der Waals surface area contributed by atoms with E-state index in [0.717, 1.165) is 24.8 Å². The highest BCUT2D eigenvalue weighted by Gasteiger charge is 2.27. The molecule has 106 valence electrons. The minimum absolute atomic E-state index is 0.305. The van der Waals surface area contributed by atoms with Gasteiger partial charge >= 0.3 is 5.69 Å². The standard InChI is InChI=1S/C15H14N4O2/c1-2-3-4-12-10(9-5-6-9)7-13(19-18-12)11-8-16-15(21)17-14(11)20/h7-9H,2,5-6H2,1H3,(H2,16,17,20,21). The molecule has 0 atom stereocenters. The van der Waals surface area contributed by atoms with Gasteiger partial charge in [-0.05, 0) is 36.3 Å². The fourth-order valence-electron chi connectivity index (χ4n) is 2.11. The molecule has 1 aliphatic carbocycles. The molecule has 1 aliphatic rings. The van der Waals surface area contributed by atoms with E-state index in [0.29, 0.717) is 22.9 Å². The van der Waals surface area contributed by atoms with Gasteiger partial charge in [0.25, 0.3) is 5.56 Å². The third kappa shape index (κ3) is 2.77. The first kappa shape index (κ1) is 13.3. The number of rotatable bonds is 2. The van der Waals surface area contributed by atoms with Crippen molar-refractivity contribution in [1.82, 2.24) is 20.2 Å². The number of aromatic amines is 2. The first-order chi connectivity index (χ1) is 10.2. The Hall–Kier alpha value is -2.68. The summed E-state index contributed by atoms with van der Waals surface area (Å²) in [6, 6.07) is 1.85. The Labute approximate surface area is 120 Å². The SMILES string of the molecule is CCC#Cc1nnc(-c2c[nH]c(=O)[nH]c2=O)cc1C1CC1. The quantitative estimate of drug-likeness (QED) is 0.808. The van der Waals surface area contributed by atoms with Crippen molar-refractivity contribution in [3.63, 3.8) is 0 Å². The highest BCUT2D eigenvalue weighted by molar-refractivity contribution is 5.58. The zero-order valence-electron chi connectivity index (χ0n) is 11.6. The number of H-pyrrole nitrogens is 2. The van der Waals surface area contributed by atoms with Gasteiger partial charge in [0, 0.05) is 12.6 Å². The molecule has 0 saturated heterocycles. The van der Waals surface area contributed by atoms with E-state index in [1.54, 1.807) is 0 Å². The van der Waals surface area contributed by atoms with Gasteiger partial charge < -0.3 is 4.98 Å². The molecule has 1 fully saturated rings. The van der Waals surface area contributed by atoms with Gasteiger partial charge in [-0.25, -0.2) is 4.79 Å². The van der Waals surface area contributed by atoms with Gasteiger partial charge in [-0.2, -0.15) is 0 Å². The summed E-state index contributed by atoms with van der Waals surface area (Å²) >= 11 is 0. The molecule has 0 spiro atoms. The lowest BCUT2D eigenvalue weighted by Crippen LogP contribution is -2.23. The molecule has 2 aromatic rings. The Morgan fingerprint density at radius 3 is 2.81 bits per heavy atom. The summed E-state index contributed by atoms with van der Waals surface area (Å²) in [5.74, 6) is 6.46. The van der Waals surface area contributed by atoms with E-state index in [1.165, 1.54) is 6.20 Å². The molecule has 1 saturated carbocycles. The van der Waals surface area contributed by atoms with E-state index in [2.05, 4.69) is 32.0 Å². The van der Waals surface area contributed by atoms with Gasteiger partial charge in [-0.3, -0.25) is 9.78 Å². The lowest BCUT2D eigenvalue weighted by Gasteiger charge is -2.04. The van der Waals surface area contributed by atoms with Gasteiger partial charge in [0.15, 0.2) is 0 Å². The highest BCUT2D eigenvalue weighted by Crippen LogP contribution is 2.41. The second kappa shape index (κ2) is 5.37. The van der Waals surface area contributed by atoms with Crippen LogP contribution in [0, 0.1) is 11.8 Å². The summed E-state index contributed by atoms with van der Waals surface area (Å²) < 4.78 is 0. The molecule has 0 radical (unpaired) electrons.